The van der Waals surface area contributed by atoms with E-state index in [4.69, 9.17) is 0 Å². The highest BCUT2D eigenvalue weighted by molar-refractivity contribution is 5.93. The van der Waals surface area contributed by atoms with Crippen LogP contribution in [-0.4, -0.2) is 40.8 Å². The van der Waals surface area contributed by atoms with Crippen LogP contribution in [0.5, 0.6) is 0 Å². The van der Waals surface area contributed by atoms with E-state index in [0.717, 1.165) is 49.4 Å². The lowest BCUT2D eigenvalue weighted by atomic mass is 9.71. The number of nitrogens with zero attached hydrogens (tertiary/aromatic N) is 3. The average molecular weight is 514 g/mol. The summed E-state index contributed by atoms with van der Waals surface area (Å²) in [5.41, 5.74) is 5.73. The highest BCUT2D eigenvalue weighted by atomic mass is 16.2. The first-order chi connectivity index (χ1) is 18.3. The van der Waals surface area contributed by atoms with Crippen molar-refractivity contribution in [3.05, 3.63) is 83.2 Å². The van der Waals surface area contributed by atoms with Gasteiger partial charge in [-0.15, -0.1) is 0 Å². The van der Waals surface area contributed by atoms with Gasteiger partial charge in [-0.2, -0.15) is 0 Å². The van der Waals surface area contributed by atoms with Crippen LogP contribution < -0.4 is 15.5 Å². The van der Waals surface area contributed by atoms with E-state index in [9.17, 15) is 14.4 Å². The summed E-state index contributed by atoms with van der Waals surface area (Å²) < 4.78 is 2.20. The van der Waals surface area contributed by atoms with Crippen LogP contribution >= 0.6 is 0 Å². The zero-order chi connectivity index (χ0) is 26.9. The highest BCUT2D eigenvalue weighted by Gasteiger charge is 2.48. The van der Waals surface area contributed by atoms with Crippen LogP contribution in [0.1, 0.15) is 60.4 Å². The molecule has 1 aliphatic carbocycles. The van der Waals surface area contributed by atoms with Gasteiger partial charge in [0.2, 0.25) is 11.8 Å². The molecule has 198 valence electrons. The van der Waals surface area contributed by atoms with E-state index >= 15 is 0 Å². The van der Waals surface area contributed by atoms with E-state index in [1.54, 1.807) is 18.9 Å². The fourth-order valence-corrected chi connectivity index (χ4v) is 5.63. The molecule has 1 aliphatic heterocycles. The van der Waals surface area contributed by atoms with Crippen molar-refractivity contribution in [2.45, 2.75) is 58.3 Å². The number of fused-ring (bicyclic) bond motifs is 2. The highest BCUT2D eigenvalue weighted by Crippen LogP contribution is 2.49. The van der Waals surface area contributed by atoms with Crippen LogP contribution in [0.4, 0.5) is 11.4 Å². The van der Waals surface area contributed by atoms with Gasteiger partial charge in [-0.1, -0.05) is 24.3 Å². The molecule has 0 saturated heterocycles. The fourth-order valence-electron chi connectivity index (χ4n) is 5.63. The first-order valence-electron chi connectivity index (χ1n) is 13.2. The van der Waals surface area contributed by atoms with Crippen molar-refractivity contribution in [3.63, 3.8) is 0 Å². The Hall–Kier alpha value is -3.91. The van der Waals surface area contributed by atoms with Gasteiger partial charge in [0, 0.05) is 64.1 Å². The third-order valence-corrected chi connectivity index (χ3v) is 7.97. The van der Waals surface area contributed by atoms with Crippen molar-refractivity contribution >= 4 is 29.1 Å². The third-order valence-electron chi connectivity index (χ3n) is 7.97. The van der Waals surface area contributed by atoms with Crippen LogP contribution in [0.2, 0.25) is 0 Å². The molecule has 3 aromatic rings. The molecule has 1 fully saturated rings. The second kappa shape index (κ2) is 10.5. The first kappa shape index (κ1) is 25.7. The summed E-state index contributed by atoms with van der Waals surface area (Å²) in [7, 11) is 1.79. The van der Waals surface area contributed by atoms with E-state index in [2.05, 4.69) is 38.3 Å². The van der Waals surface area contributed by atoms with Gasteiger partial charge in [0.1, 0.15) is 5.69 Å². The lowest BCUT2D eigenvalue weighted by Gasteiger charge is -2.53. The van der Waals surface area contributed by atoms with E-state index in [1.165, 1.54) is 24.6 Å². The average Bonchev–Trinajstić information content (AvgIpc) is 3.31. The molecule has 38 heavy (non-hydrogen) atoms. The number of amides is 3. The van der Waals surface area contributed by atoms with Gasteiger partial charge >= 0.3 is 0 Å². The molecule has 8 heteroatoms. The van der Waals surface area contributed by atoms with Crippen LogP contribution in [0.3, 0.4) is 0 Å². The van der Waals surface area contributed by atoms with Crippen molar-refractivity contribution < 1.29 is 14.4 Å². The Morgan fingerprint density at radius 3 is 2.18 bits per heavy atom. The zero-order valence-electron chi connectivity index (χ0n) is 22.3. The van der Waals surface area contributed by atoms with Crippen LogP contribution in [0.15, 0.2) is 60.7 Å². The zero-order valence-corrected chi connectivity index (χ0v) is 22.3. The van der Waals surface area contributed by atoms with Crippen LogP contribution in [-0.2, 0) is 34.8 Å². The Labute approximate surface area is 223 Å². The second-order valence-electron chi connectivity index (χ2n) is 10.4. The van der Waals surface area contributed by atoms with Gasteiger partial charge in [-0.05, 0) is 66.8 Å². The summed E-state index contributed by atoms with van der Waals surface area (Å²) in [4.78, 5) is 40.3. The van der Waals surface area contributed by atoms with Crippen molar-refractivity contribution in [2.75, 3.05) is 23.8 Å². The number of nitrogens with one attached hydrogen (secondary N) is 2. The van der Waals surface area contributed by atoms with E-state index in [0.29, 0.717) is 12.2 Å². The van der Waals surface area contributed by atoms with Gasteiger partial charge in [-0.25, -0.2) is 0 Å². The van der Waals surface area contributed by atoms with Crippen molar-refractivity contribution in [3.8, 4) is 0 Å². The molecule has 0 unspecified atom stereocenters. The van der Waals surface area contributed by atoms with Gasteiger partial charge < -0.3 is 20.1 Å². The molecule has 1 aromatic heterocycles. The van der Waals surface area contributed by atoms with Crippen LogP contribution in [0.25, 0.3) is 0 Å². The molecule has 3 amide bonds. The summed E-state index contributed by atoms with van der Waals surface area (Å²) in [5.74, 6) is -0.166. The van der Waals surface area contributed by atoms with E-state index < -0.39 is 0 Å². The maximum Gasteiger partial charge on any atom is 0.268 e. The minimum absolute atomic E-state index is 0.0164. The topological polar surface area (TPSA) is 86.7 Å². The van der Waals surface area contributed by atoms with E-state index in [1.807, 2.05) is 42.5 Å². The molecule has 2 aliphatic rings. The molecule has 0 bridgehead atoms. The standard InChI is InChI=1S/C30H35N5O3/c1-21(36)32-25-9-5-23(6-10-25)19-31-29(38)27-13-14-28-30(15-4-16-30)34(17-18-35(27)28)20-24-7-11-26(12-8-24)33(3)22(2)37/h5-14H,4,15-20H2,1-3H3,(H,31,38)(H,32,36). The largest absolute Gasteiger partial charge is 0.347 e. The quantitative estimate of drug-likeness (QED) is 0.495. The number of carbonyl (C=O) groups is 3. The molecule has 5 rings (SSSR count). The molecule has 2 N–H and O–H groups in total. The SMILES string of the molecule is CC(=O)Nc1ccc(CNC(=O)c2ccc3n2CCN(Cc2ccc(N(C)C(C)=O)cc2)C32CCC2)cc1. The van der Waals surface area contributed by atoms with Crippen molar-refractivity contribution in [2.24, 2.45) is 0 Å². The Kier molecular flexibility index (Phi) is 7.08. The third kappa shape index (κ3) is 4.96. The molecule has 1 saturated carbocycles. The Bertz CT molecular complexity index is 1340. The summed E-state index contributed by atoms with van der Waals surface area (Å²) in [6.07, 6.45) is 3.35. The number of hydrogen-bond donors (Lipinski definition) is 2. The molecule has 0 atom stereocenters. The summed E-state index contributed by atoms with van der Waals surface area (Å²) in [6.45, 7) is 5.95. The van der Waals surface area contributed by atoms with Crippen molar-refractivity contribution in [1.29, 1.82) is 0 Å². The predicted molar refractivity (Wildman–Crippen MR) is 148 cm³/mol. The number of rotatable bonds is 7. The number of benzene rings is 2. The summed E-state index contributed by atoms with van der Waals surface area (Å²) in [5, 5.41) is 5.81. The fraction of sp³-hybridized carbons (Fsp3) is 0.367. The molecule has 1 spiro atoms. The monoisotopic (exact) mass is 513 g/mol. The Balaban J connectivity index is 1.26. The predicted octanol–water partition coefficient (Wildman–Crippen LogP) is 4.25. The number of aromatic nitrogens is 1. The Morgan fingerprint density at radius 2 is 1.58 bits per heavy atom. The van der Waals surface area contributed by atoms with Gasteiger partial charge in [0.15, 0.2) is 0 Å². The molecule has 0 radical (unpaired) electrons. The minimum atomic E-state index is -0.109. The lowest BCUT2D eigenvalue weighted by molar-refractivity contribution is -0.116. The minimum Gasteiger partial charge on any atom is -0.347 e. The van der Waals surface area contributed by atoms with E-state index in [-0.39, 0.29) is 23.3 Å². The number of anilines is 2. The molecular weight excluding hydrogens is 478 g/mol. The van der Waals surface area contributed by atoms with Gasteiger partial charge in [0.05, 0.1) is 5.54 Å². The second-order valence-corrected chi connectivity index (χ2v) is 10.4. The maximum atomic E-state index is 13.2. The lowest BCUT2D eigenvalue weighted by Crippen LogP contribution is -2.56. The Morgan fingerprint density at radius 1 is 0.895 bits per heavy atom. The maximum absolute atomic E-state index is 13.2. The molecular formula is C30H35N5O3. The first-order valence-corrected chi connectivity index (χ1v) is 13.2. The molecule has 2 aromatic carbocycles. The van der Waals surface area contributed by atoms with Crippen molar-refractivity contribution in [1.82, 2.24) is 14.8 Å². The summed E-state index contributed by atoms with van der Waals surface area (Å²) >= 11 is 0. The molecule has 8 nitrogen and oxygen atoms in total. The smallest absolute Gasteiger partial charge is 0.268 e. The number of hydrogen-bond acceptors (Lipinski definition) is 4. The van der Waals surface area contributed by atoms with Gasteiger partial charge in [0.25, 0.3) is 5.91 Å². The number of carbonyl (C=O) groups excluding carboxylic acids is 3. The van der Waals surface area contributed by atoms with Gasteiger partial charge in [-0.3, -0.25) is 19.3 Å². The van der Waals surface area contributed by atoms with Crippen LogP contribution in [0, 0.1) is 0 Å². The molecule has 2 heterocycles. The summed E-state index contributed by atoms with van der Waals surface area (Å²) in [6, 6.07) is 19.8. The normalized spacial score (nSPS) is 15.9.